The van der Waals surface area contributed by atoms with Gasteiger partial charge in [-0.3, -0.25) is 0 Å². The van der Waals surface area contributed by atoms with Crippen LogP contribution in [0, 0.1) is 5.41 Å². The van der Waals surface area contributed by atoms with Crippen LogP contribution in [0.3, 0.4) is 0 Å². The molecule has 0 amide bonds. The van der Waals surface area contributed by atoms with Gasteiger partial charge in [0.05, 0.1) is 0 Å². The molecule has 0 aliphatic carbocycles. The highest BCUT2D eigenvalue weighted by molar-refractivity contribution is 4.85. The number of piperidine rings is 1. The molecule has 0 saturated carbocycles. The van der Waals surface area contributed by atoms with Crippen LogP contribution in [-0.2, 0) is 0 Å². The van der Waals surface area contributed by atoms with Crippen molar-refractivity contribution < 1.29 is 0 Å². The van der Waals surface area contributed by atoms with Crippen LogP contribution in [0.15, 0.2) is 0 Å². The average molecular weight is 254 g/mol. The quantitative estimate of drug-likeness (QED) is 0.746. The minimum atomic E-state index is 0.617. The van der Waals surface area contributed by atoms with Crippen LogP contribution in [0.25, 0.3) is 0 Å². The third-order valence-corrected chi connectivity index (χ3v) is 5.10. The maximum Gasteiger partial charge on any atom is 0.00790 e. The van der Waals surface area contributed by atoms with Gasteiger partial charge < -0.3 is 10.2 Å². The highest BCUT2D eigenvalue weighted by Gasteiger charge is 2.32. The van der Waals surface area contributed by atoms with E-state index in [2.05, 4.69) is 44.8 Å². The first kappa shape index (κ1) is 16.0. The number of nitrogens with one attached hydrogen (secondary N) is 1. The van der Waals surface area contributed by atoms with Crippen molar-refractivity contribution in [3.63, 3.8) is 0 Å². The number of hydrogen-bond donors (Lipinski definition) is 1. The van der Waals surface area contributed by atoms with E-state index < -0.39 is 0 Å². The van der Waals surface area contributed by atoms with Gasteiger partial charge >= 0.3 is 0 Å². The lowest BCUT2D eigenvalue weighted by Crippen LogP contribution is -2.45. The third-order valence-electron chi connectivity index (χ3n) is 5.10. The van der Waals surface area contributed by atoms with Crippen molar-refractivity contribution in [3.05, 3.63) is 0 Å². The molecule has 108 valence electrons. The van der Waals surface area contributed by atoms with Gasteiger partial charge in [-0.1, -0.05) is 40.5 Å². The molecule has 0 bridgehead atoms. The van der Waals surface area contributed by atoms with Crippen LogP contribution >= 0.6 is 0 Å². The van der Waals surface area contributed by atoms with Crippen LogP contribution in [0.5, 0.6) is 0 Å². The Kier molecular flexibility index (Phi) is 6.65. The van der Waals surface area contributed by atoms with Crippen LogP contribution in [0.2, 0.25) is 0 Å². The second kappa shape index (κ2) is 7.49. The predicted octanol–water partition coefficient (Wildman–Crippen LogP) is 3.67. The van der Waals surface area contributed by atoms with Gasteiger partial charge in [-0.05, 0) is 51.2 Å². The van der Waals surface area contributed by atoms with Crippen LogP contribution in [-0.4, -0.2) is 36.6 Å². The Morgan fingerprint density at radius 2 is 1.61 bits per heavy atom. The lowest BCUT2D eigenvalue weighted by Gasteiger charge is -2.43. The van der Waals surface area contributed by atoms with E-state index >= 15 is 0 Å². The van der Waals surface area contributed by atoms with E-state index in [1.807, 2.05) is 0 Å². The number of likely N-dealkylation sites (tertiary alicyclic amines) is 1. The van der Waals surface area contributed by atoms with Crippen molar-refractivity contribution in [2.75, 3.05) is 19.6 Å². The zero-order valence-corrected chi connectivity index (χ0v) is 13.3. The molecule has 1 aliphatic rings. The van der Waals surface area contributed by atoms with Gasteiger partial charge in [0.25, 0.3) is 0 Å². The highest BCUT2D eigenvalue weighted by Crippen LogP contribution is 2.38. The zero-order valence-electron chi connectivity index (χ0n) is 13.3. The zero-order chi connectivity index (χ0) is 13.6. The van der Waals surface area contributed by atoms with E-state index in [1.165, 1.54) is 45.2 Å². The van der Waals surface area contributed by atoms with Gasteiger partial charge in [0.1, 0.15) is 0 Å². The molecule has 18 heavy (non-hydrogen) atoms. The van der Waals surface area contributed by atoms with E-state index in [9.17, 15) is 0 Å². The van der Waals surface area contributed by atoms with Crippen molar-refractivity contribution in [1.82, 2.24) is 10.2 Å². The van der Waals surface area contributed by atoms with Crippen molar-refractivity contribution >= 4 is 0 Å². The summed E-state index contributed by atoms with van der Waals surface area (Å²) < 4.78 is 0. The summed E-state index contributed by atoms with van der Waals surface area (Å²) in [6, 6.07) is 1.36. The van der Waals surface area contributed by atoms with E-state index in [0.29, 0.717) is 11.5 Å². The molecule has 1 fully saturated rings. The normalized spacial score (nSPS) is 22.3. The van der Waals surface area contributed by atoms with Gasteiger partial charge in [0, 0.05) is 12.1 Å². The first-order chi connectivity index (χ1) is 8.53. The van der Waals surface area contributed by atoms with Crippen molar-refractivity contribution in [2.45, 2.75) is 78.8 Å². The van der Waals surface area contributed by atoms with Gasteiger partial charge in [0.2, 0.25) is 0 Å². The lowest BCUT2D eigenvalue weighted by molar-refractivity contribution is 0.0685. The molecule has 0 aromatic rings. The molecular formula is C16H34N2. The molecule has 1 heterocycles. The molecule has 1 unspecified atom stereocenters. The number of rotatable bonds is 7. The van der Waals surface area contributed by atoms with E-state index in [4.69, 9.17) is 0 Å². The maximum absolute atomic E-state index is 3.53. The largest absolute Gasteiger partial charge is 0.314 e. The lowest BCUT2D eigenvalue weighted by atomic mass is 9.74. The first-order valence-corrected chi connectivity index (χ1v) is 8.00. The Bertz CT molecular complexity index is 211. The summed E-state index contributed by atoms with van der Waals surface area (Å²) in [6.45, 7) is 15.4. The van der Waals surface area contributed by atoms with E-state index in [-0.39, 0.29) is 0 Å². The maximum atomic E-state index is 3.53. The molecule has 0 aromatic heterocycles. The summed E-state index contributed by atoms with van der Waals surface area (Å²) in [4.78, 5) is 2.70. The van der Waals surface area contributed by atoms with Crippen molar-refractivity contribution in [2.24, 2.45) is 5.41 Å². The fourth-order valence-corrected chi connectivity index (χ4v) is 3.16. The van der Waals surface area contributed by atoms with Gasteiger partial charge in [-0.15, -0.1) is 0 Å². The van der Waals surface area contributed by atoms with Crippen molar-refractivity contribution in [3.8, 4) is 0 Å². The summed E-state index contributed by atoms with van der Waals surface area (Å²) in [5.41, 5.74) is 0.659. The van der Waals surface area contributed by atoms with Crippen molar-refractivity contribution in [1.29, 1.82) is 0 Å². The molecule has 1 N–H and O–H groups in total. The van der Waals surface area contributed by atoms with E-state index in [1.54, 1.807) is 0 Å². The monoisotopic (exact) mass is 254 g/mol. The molecule has 1 atom stereocenters. The molecule has 2 heteroatoms. The fourth-order valence-electron chi connectivity index (χ4n) is 3.16. The summed E-state index contributed by atoms with van der Waals surface area (Å²) in [6.07, 6.45) is 6.81. The minimum Gasteiger partial charge on any atom is -0.314 e. The Labute approximate surface area is 115 Å². The van der Waals surface area contributed by atoms with Crippen LogP contribution in [0.1, 0.15) is 66.7 Å². The molecule has 0 aromatic carbocycles. The molecule has 0 spiro atoms. The van der Waals surface area contributed by atoms with Crippen LogP contribution < -0.4 is 5.32 Å². The SMILES string of the molecule is CCC1(CC)CCN(C(C)CCNC(C)C)CC1. The Morgan fingerprint density at radius 1 is 1.06 bits per heavy atom. The summed E-state index contributed by atoms with van der Waals surface area (Å²) in [5, 5.41) is 3.53. The summed E-state index contributed by atoms with van der Waals surface area (Å²) in [5.74, 6) is 0. The van der Waals surface area contributed by atoms with Gasteiger partial charge in [-0.2, -0.15) is 0 Å². The number of hydrogen-bond acceptors (Lipinski definition) is 2. The minimum absolute atomic E-state index is 0.617. The smallest absolute Gasteiger partial charge is 0.00790 e. The third kappa shape index (κ3) is 4.55. The molecule has 2 nitrogen and oxygen atoms in total. The van der Waals surface area contributed by atoms with Gasteiger partial charge in [-0.25, -0.2) is 0 Å². The second-order valence-corrected chi connectivity index (χ2v) is 6.49. The molecule has 1 rings (SSSR count). The van der Waals surface area contributed by atoms with Gasteiger partial charge in [0.15, 0.2) is 0 Å². The first-order valence-electron chi connectivity index (χ1n) is 8.00. The number of nitrogens with zero attached hydrogens (tertiary/aromatic N) is 1. The average Bonchev–Trinajstić information content (AvgIpc) is 2.38. The molecular weight excluding hydrogens is 220 g/mol. The van der Waals surface area contributed by atoms with Crippen LogP contribution in [0.4, 0.5) is 0 Å². The Balaban J connectivity index is 2.29. The fraction of sp³-hybridized carbons (Fsp3) is 1.00. The summed E-state index contributed by atoms with van der Waals surface area (Å²) >= 11 is 0. The Morgan fingerprint density at radius 3 is 2.06 bits per heavy atom. The second-order valence-electron chi connectivity index (χ2n) is 6.49. The molecule has 0 radical (unpaired) electrons. The Hall–Kier alpha value is -0.0800. The molecule has 1 aliphatic heterocycles. The molecule has 1 saturated heterocycles. The highest BCUT2D eigenvalue weighted by atomic mass is 15.2. The predicted molar refractivity (Wildman–Crippen MR) is 81.0 cm³/mol. The standard InChI is InChI=1S/C16H34N2/c1-6-16(7-2)9-12-18(13-10-16)15(5)8-11-17-14(3)4/h14-15,17H,6-13H2,1-5H3. The van der Waals surface area contributed by atoms with E-state index in [0.717, 1.165) is 12.6 Å². The summed E-state index contributed by atoms with van der Waals surface area (Å²) in [7, 11) is 0. The topological polar surface area (TPSA) is 15.3 Å².